The van der Waals surface area contributed by atoms with E-state index >= 15 is 0 Å². The molecular weight excluding hydrogens is 424 g/mol. The first-order chi connectivity index (χ1) is 16.5. The molecule has 2 saturated heterocycles. The number of amides is 1. The molecule has 0 bridgehead atoms. The Hall–Kier alpha value is -3.86. The molecule has 3 aromatic rings. The number of hydrogen-bond acceptors (Lipinski definition) is 4. The molecule has 2 aliphatic rings. The monoisotopic (exact) mass is 452 g/mol. The van der Waals surface area contributed by atoms with Crippen molar-refractivity contribution in [3.8, 4) is 0 Å². The molecule has 1 atom stereocenters. The van der Waals surface area contributed by atoms with Gasteiger partial charge in [0.1, 0.15) is 5.76 Å². The average molecular weight is 453 g/mol. The van der Waals surface area contributed by atoms with Gasteiger partial charge in [-0.2, -0.15) is 0 Å². The van der Waals surface area contributed by atoms with E-state index in [1.807, 2.05) is 74.5 Å². The maximum Gasteiger partial charge on any atom is 0.300 e. The first-order valence-corrected chi connectivity index (χ1v) is 11.7. The number of aliphatic hydroxyl groups excluding tert-OH is 1. The van der Waals surface area contributed by atoms with Gasteiger partial charge < -0.3 is 10.0 Å². The molecule has 34 heavy (non-hydrogen) atoms. The number of ketones is 1. The lowest BCUT2D eigenvalue weighted by Gasteiger charge is -2.27. The Morgan fingerprint density at radius 1 is 0.824 bits per heavy atom. The summed E-state index contributed by atoms with van der Waals surface area (Å²) in [6, 6.07) is 22.1. The van der Waals surface area contributed by atoms with E-state index in [1.165, 1.54) is 17.7 Å². The lowest BCUT2D eigenvalue weighted by Crippen LogP contribution is -2.29. The van der Waals surface area contributed by atoms with Crippen molar-refractivity contribution in [1.82, 2.24) is 0 Å². The summed E-state index contributed by atoms with van der Waals surface area (Å²) >= 11 is 0. The second kappa shape index (κ2) is 8.82. The van der Waals surface area contributed by atoms with Crippen LogP contribution in [0.4, 0.5) is 11.4 Å². The summed E-state index contributed by atoms with van der Waals surface area (Å²) in [5.41, 5.74) is 5.21. The van der Waals surface area contributed by atoms with Crippen LogP contribution in [0.5, 0.6) is 0 Å². The summed E-state index contributed by atoms with van der Waals surface area (Å²) in [5.74, 6) is -1.45. The van der Waals surface area contributed by atoms with Crippen LogP contribution in [-0.2, 0) is 9.59 Å². The maximum atomic E-state index is 13.4. The van der Waals surface area contributed by atoms with Crippen LogP contribution < -0.4 is 9.80 Å². The number of carbonyl (C=O) groups excluding carboxylic acids is 2. The van der Waals surface area contributed by atoms with Crippen LogP contribution in [-0.4, -0.2) is 29.9 Å². The van der Waals surface area contributed by atoms with E-state index in [2.05, 4.69) is 4.90 Å². The van der Waals surface area contributed by atoms with Crippen LogP contribution in [0.25, 0.3) is 5.76 Å². The highest BCUT2D eigenvalue weighted by molar-refractivity contribution is 6.51. The lowest BCUT2D eigenvalue weighted by molar-refractivity contribution is -0.132. The summed E-state index contributed by atoms with van der Waals surface area (Å²) in [6.07, 6.45) is 2.37. The fraction of sp³-hybridized carbons (Fsp3) is 0.241. The van der Waals surface area contributed by atoms with Crippen LogP contribution in [0.1, 0.15) is 41.1 Å². The number of nitrogens with zero attached hydrogens (tertiary/aromatic N) is 2. The minimum Gasteiger partial charge on any atom is -0.507 e. The predicted octanol–water partition coefficient (Wildman–Crippen LogP) is 5.53. The van der Waals surface area contributed by atoms with Gasteiger partial charge in [-0.05, 0) is 62.1 Å². The van der Waals surface area contributed by atoms with Gasteiger partial charge in [0.05, 0.1) is 11.6 Å². The van der Waals surface area contributed by atoms with Gasteiger partial charge in [0.2, 0.25) is 0 Å². The van der Waals surface area contributed by atoms with E-state index < -0.39 is 17.7 Å². The van der Waals surface area contributed by atoms with Crippen molar-refractivity contribution in [2.24, 2.45) is 0 Å². The number of aryl methyl sites for hydroxylation is 2. The molecule has 5 nitrogen and oxygen atoms in total. The normalized spacial score (nSPS) is 19.8. The summed E-state index contributed by atoms with van der Waals surface area (Å²) in [5, 5.41) is 11.2. The maximum absolute atomic E-state index is 13.4. The predicted molar refractivity (Wildman–Crippen MR) is 135 cm³/mol. The molecule has 3 aromatic carbocycles. The molecule has 1 N–H and O–H groups in total. The number of hydrogen-bond donors (Lipinski definition) is 1. The van der Waals surface area contributed by atoms with Crippen molar-refractivity contribution in [1.29, 1.82) is 0 Å². The summed E-state index contributed by atoms with van der Waals surface area (Å²) in [7, 11) is 0. The standard InChI is InChI=1S/C29H28N2O3/c1-19-9-11-21(12-10-19)27(32)25-26(24-8-4-3-7-20(24)2)31(29(34)28(25)33)23-15-13-22(14-16-23)30-17-5-6-18-30/h3-4,7-16,26,32H,5-6,17-18H2,1-2H3/b27-25+. The molecule has 1 amide bonds. The zero-order chi connectivity index (χ0) is 23.8. The Morgan fingerprint density at radius 2 is 1.44 bits per heavy atom. The van der Waals surface area contributed by atoms with E-state index in [0.29, 0.717) is 11.3 Å². The highest BCUT2D eigenvalue weighted by Crippen LogP contribution is 2.43. The van der Waals surface area contributed by atoms with Crippen molar-refractivity contribution >= 4 is 28.8 Å². The zero-order valence-electron chi connectivity index (χ0n) is 19.5. The molecule has 5 heteroatoms. The minimum atomic E-state index is -0.708. The highest BCUT2D eigenvalue weighted by atomic mass is 16.3. The molecule has 0 spiro atoms. The first kappa shape index (κ1) is 22.0. The molecule has 2 fully saturated rings. The van der Waals surface area contributed by atoms with Crippen LogP contribution in [0.2, 0.25) is 0 Å². The first-order valence-electron chi connectivity index (χ1n) is 11.7. The Morgan fingerprint density at radius 3 is 2.09 bits per heavy atom. The van der Waals surface area contributed by atoms with Gasteiger partial charge in [-0.15, -0.1) is 0 Å². The molecule has 0 radical (unpaired) electrons. The minimum absolute atomic E-state index is 0.117. The van der Waals surface area contributed by atoms with Crippen molar-refractivity contribution in [3.05, 3.63) is 101 Å². The summed E-state index contributed by atoms with van der Waals surface area (Å²) in [6.45, 7) is 5.98. The number of carbonyl (C=O) groups is 2. The third-order valence-corrected chi connectivity index (χ3v) is 6.85. The van der Waals surface area contributed by atoms with Gasteiger partial charge in [-0.3, -0.25) is 14.5 Å². The summed E-state index contributed by atoms with van der Waals surface area (Å²) in [4.78, 5) is 30.5. The van der Waals surface area contributed by atoms with Crippen molar-refractivity contribution < 1.29 is 14.7 Å². The molecule has 0 saturated carbocycles. The van der Waals surface area contributed by atoms with Crippen molar-refractivity contribution in [2.75, 3.05) is 22.9 Å². The topological polar surface area (TPSA) is 60.9 Å². The zero-order valence-corrected chi connectivity index (χ0v) is 19.5. The number of rotatable bonds is 4. The number of aliphatic hydroxyl groups is 1. The summed E-state index contributed by atoms with van der Waals surface area (Å²) < 4.78 is 0. The second-order valence-electron chi connectivity index (χ2n) is 9.10. The number of Topliss-reactive ketones (excluding diaryl/α,β-unsaturated/α-hetero) is 1. The van der Waals surface area contributed by atoms with E-state index in [4.69, 9.17) is 0 Å². The third kappa shape index (κ3) is 3.77. The molecule has 172 valence electrons. The van der Waals surface area contributed by atoms with Crippen LogP contribution in [0.15, 0.2) is 78.4 Å². The van der Waals surface area contributed by atoms with E-state index in [-0.39, 0.29) is 11.3 Å². The SMILES string of the molecule is Cc1ccc(/C(O)=C2\C(=O)C(=O)N(c3ccc(N4CCCC4)cc3)C2c2ccccc2C)cc1. The smallest absolute Gasteiger partial charge is 0.300 e. The van der Waals surface area contributed by atoms with Gasteiger partial charge in [0, 0.05) is 30.0 Å². The quantitative estimate of drug-likeness (QED) is 0.321. The van der Waals surface area contributed by atoms with Gasteiger partial charge >= 0.3 is 0 Å². The molecule has 1 unspecified atom stereocenters. The Balaban J connectivity index is 1.64. The molecule has 5 rings (SSSR count). The Bertz CT molecular complexity index is 1270. The van der Waals surface area contributed by atoms with Crippen LogP contribution in [0, 0.1) is 13.8 Å². The molecule has 2 heterocycles. The van der Waals surface area contributed by atoms with Crippen molar-refractivity contribution in [3.63, 3.8) is 0 Å². The second-order valence-corrected chi connectivity index (χ2v) is 9.10. The van der Waals surface area contributed by atoms with Gasteiger partial charge in [-0.1, -0.05) is 54.1 Å². The average Bonchev–Trinajstić information content (AvgIpc) is 3.47. The Labute approximate surface area is 199 Å². The molecule has 0 aliphatic carbocycles. The van der Waals surface area contributed by atoms with Gasteiger partial charge in [0.25, 0.3) is 11.7 Å². The third-order valence-electron chi connectivity index (χ3n) is 6.85. The van der Waals surface area contributed by atoms with Gasteiger partial charge in [-0.25, -0.2) is 0 Å². The van der Waals surface area contributed by atoms with Crippen LogP contribution in [0.3, 0.4) is 0 Å². The largest absolute Gasteiger partial charge is 0.507 e. The van der Waals surface area contributed by atoms with E-state index in [1.54, 1.807) is 12.1 Å². The Kier molecular flexibility index (Phi) is 5.70. The fourth-order valence-electron chi connectivity index (χ4n) is 4.95. The van der Waals surface area contributed by atoms with Gasteiger partial charge in [0.15, 0.2) is 0 Å². The number of benzene rings is 3. The van der Waals surface area contributed by atoms with E-state index in [9.17, 15) is 14.7 Å². The molecular formula is C29H28N2O3. The van der Waals surface area contributed by atoms with Crippen LogP contribution >= 0.6 is 0 Å². The number of anilines is 2. The highest BCUT2D eigenvalue weighted by Gasteiger charge is 2.47. The fourth-order valence-corrected chi connectivity index (χ4v) is 4.95. The lowest BCUT2D eigenvalue weighted by atomic mass is 9.92. The van der Waals surface area contributed by atoms with Crippen molar-refractivity contribution in [2.45, 2.75) is 32.7 Å². The van der Waals surface area contributed by atoms with E-state index in [0.717, 1.165) is 35.5 Å². The molecule has 0 aromatic heterocycles. The molecule has 2 aliphatic heterocycles.